The number of phosphoric acid groups is 1. The summed E-state index contributed by atoms with van der Waals surface area (Å²) in [5.74, 6) is -0.331. The third kappa shape index (κ3) is 38.0. The van der Waals surface area contributed by atoms with Crippen molar-refractivity contribution in [1.29, 1.82) is 0 Å². The Morgan fingerprint density at radius 1 is 0.620 bits per heavy atom. The van der Waals surface area contributed by atoms with Crippen LogP contribution < -0.4 is 0 Å². The van der Waals surface area contributed by atoms with Crippen molar-refractivity contribution in [3.05, 3.63) is 36.5 Å². The molecule has 0 rings (SSSR count). The van der Waals surface area contributed by atoms with Crippen LogP contribution in [-0.4, -0.2) is 75.6 Å². The Bertz CT molecular complexity index is 900. The normalized spacial score (nSPS) is 14.3. The number of rotatable bonds is 37. The number of allylic oxidation sites excluding steroid dienone is 6. The fraction of sp³-hybridized carbons (Fsp3) is 0.829. The van der Waals surface area contributed by atoms with Gasteiger partial charge in [-0.2, -0.15) is 0 Å². The third-order valence-corrected chi connectivity index (χ3v) is 9.41. The van der Waals surface area contributed by atoms with Gasteiger partial charge in [-0.25, -0.2) is 4.57 Å². The standard InChI is InChI=1S/C41H78NO7P/c1-6-8-10-12-14-16-18-20-21-22-24-26-28-30-32-34-41(43)49-40(39-48-50(44,45)47-37-35-42(3,4)5)38-46-36-33-31-29-27-25-23-19-17-15-13-11-9-7-2/h14-17,20-21,40H,6-13,18-19,22-39H2,1-5H3/p+1/b16-14-,17-15-,21-20-. The maximum atomic E-state index is 12.6. The molecular formula is C41H79NO7P+. The summed E-state index contributed by atoms with van der Waals surface area (Å²) >= 11 is 0. The van der Waals surface area contributed by atoms with Crippen LogP contribution in [0.1, 0.15) is 162 Å². The van der Waals surface area contributed by atoms with E-state index in [1.807, 2.05) is 21.1 Å². The molecule has 0 fully saturated rings. The molecule has 0 bridgehead atoms. The molecule has 0 saturated heterocycles. The largest absolute Gasteiger partial charge is 0.472 e. The van der Waals surface area contributed by atoms with Gasteiger partial charge in [-0.15, -0.1) is 0 Å². The van der Waals surface area contributed by atoms with Gasteiger partial charge in [-0.1, -0.05) is 121 Å². The number of likely N-dealkylation sites (N-methyl/N-ethyl adjacent to an activating group) is 1. The second-order valence-electron chi connectivity index (χ2n) is 14.7. The van der Waals surface area contributed by atoms with E-state index >= 15 is 0 Å². The second kappa shape index (κ2) is 34.8. The van der Waals surface area contributed by atoms with Gasteiger partial charge in [0.2, 0.25) is 0 Å². The Hall–Kier alpha value is -1.28. The number of carbonyl (C=O) groups excluding carboxylic acids is 1. The predicted octanol–water partition coefficient (Wildman–Crippen LogP) is 11.4. The second-order valence-corrected chi connectivity index (χ2v) is 16.1. The SMILES string of the molecule is CCCCC/C=C\C/C=C\CCCCCCCC(=O)OC(COCCCCCCCC/C=C\CCCCC)COP(=O)(O)OCC[N+](C)(C)C. The lowest BCUT2D eigenvalue weighted by atomic mass is 10.1. The van der Waals surface area contributed by atoms with E-state index in [9.17, 15) is 14.3 Å². The highest BCUT2D eigenvalue weighted by molar-refractivity contribution is 7.47. The highest BCUT2D eigenvalue weighted by Gasteiger charge is 2.26. The average molecular weight is 729 g/mol. The van der Waals surface area contributed by atoms with E-state index in [0.717, 1.165) is 57.8 Å². The van der Waals surface area contributed by atoms with Crippen molar-refractivity contribution < 1.29 is 37.3 Å². The van der Waals surface area contributed by atoms with Gasteiger partial charge in [0.1, 0.15) is 19.3 Å². The van der Waals surface area contributed by atoms with Gasteiger partial charge in [-0.3, -0.25) is 13.8 Å². The topological polar surface area (TPSA) is 91.3 Å². The molecule has 0 radical (unpaired) electrons. The molecule has 8 nitrogen and oxygen atoms in total. The molecule has 2 unspecified atom stereocenters. The predicted molar refractivity (Wildman–Crippen MR) is 210 cm³/mol. The maximum absolute atomic E-state index is 12.6. The smallest absolute Gasteiger partial charge is 0.457 e. The number of esters is 1. The minimum Gasteiger partial charge on any atom is -0.457 e. The Morgan fingerprint density at radius 3 is 1.64 bits per heavy atom. The summed E-state index contributed by atoms with van der Waals surface area (Å²) in [5, 5.41) is 0. The van der Waals surface area contributed by atoms with Gasteiger partial charge in [0.05, 0.1) is 34.4 Å². The first kappa shape index (κ1) is 48.7. The minimum atomic E-state index is -4.27. The first-order valence-electron chi connectivity index (χ1n) is 20.2. The number of hydrogen-bond donors (Lipinski definition) is 1. The number of hydrogen-bond acceptors (Lipinski definition) is 6. The lowest BCUT2D eigenvalue weighted by Gasteiger charge is -2.24. The molecule has 0 aromatic rings. The highest BCUT2D eigenvalue weighted by Crippen LogP contribution is 2.43. The molecule has 0 aliphatic carbocycles. The van der Waals surface area contributed by atoms with Gasteiger partial charge in [0.15, 0.2) is 0 Å². The molecule has 1 N–H and O–H groups in total. The Morgan fingerprint density at radius 2 is 1.10 bits per heavy atom. The van der Waals surface area contributed by atoms with Crippen LogP contribution in [0, 0.1) is 0 Å². The van der Waals surface area contributed by atoms with Gasteiger partial charge < -0.3 is 18.9 Å². The number of unbranched alkanes of at least 4 members (excludes halogenated alkanes) is 17. The van der Waals surface area contributed by atoms with Crippen LogP contribution in [0.4, 0.5) is 0 Å². The van der Waals surface area contributed by atoms with Crippen molar-refractivity contribution in [3.8, 4) is 0 Å². The Labute approximate surface area is 308 Å². The zero-order valence-electron chi connectivity index (χ0n) is 33.1. The molecule has 0 aromatic heterocycles. The molecule has 9 heteroatoms. The number of nitrogens with zero attached hydrogens (tertiary/aromatic N) is 1. The molecule has 0 saturated carbocycles. The Balaban J connectivity index is 4.32. The zero-order chi connectivity index (χ0) is 37.0. The summed E-state index contributed by atoms with van der Waals surface area (Å²) in [4.78, 5) is 22.8. The summed E-state index contributed by atoms with van der Waals surface area (Å²) in [6.07, 6.45) is 38.8. The molecule has 0 heterocycles. The van der Waals surface area contributed by atoms with Crippen LogP contribution in [-0.2, 0) is 27.9 Å². The lowest BCUT2D eigenvalue weighted by Crippen LogP contribution is -2.37. The van der Waals surface area contributed by atoms with Gasteiger partial charge in [-0.05, 0) is 70.6 Å². The van der Waals surface area contributed by atoms with Crippen molar-refractivity contribution in [2.24, 2.45) is 0 Å². The molecule has 0 aromatic carbocycles. The number of phosphoric ester groups is 1. The quantitative estimate of drug-likeness (QED) is 0.0224. The van der Waals surface area contributed by atoms with Crippen LogP contribution in [0.5, 0.6) is 0 Å². The van der Waals surface area contributed by atoms with E-state index in [1.165, 1.54) is 83.5 Å². The molecular weight excluding hydrogens is 649 g/mol. The van der Waals surface area contributed by atoms with E-state index in [1.54, 1.807) is 0 Å². The summed E-state index contributed by atoms with van der Waals surface area (Å²) in [5.41, 5.74) is 0. The van der Waals surface area contributed by atoms with E-state index in [-0.39, 0.29) is 25.8 Å². The summed E-state index contributed by atoms with van der Waals surface area (Å²) in [7, 11) is 1.65. The van der Waals surface area contributed by atoms with Gasteiger partial charge in [0.25, 0.3) is 0 Å². The van der Waals surface area contributed by atoms with Crippen LogP contribution in [0.2, 0.25) is 0 Å². The van der Waals surface area contributed by atoms with Crippen LogP contribution in [0.15, 0.2) is 36.5 Å². The van der Waals surface area contributed by atoms with Gasteiger partial charge >= 0.3 is 13.8 Å². The van der Waals surface area contributed by atoms with E-state index in [0.29, 0.717) is 24.1 Å². The number of ether oxygens (including phenoxy) is 2. The fourth-order valence-corrected chi connectivity index (χ4v) is 5.96. The molecule has 50 heavy (non-hydrogen) atoms. The fourth-order valence-electron chi connectivity index (χ4n) is 5.22. The molecule has 0 spiro atoms. The Kier molecular flexibility index (Phi) is 33.9. The number of carbonyl (C=O) groups is 1. The lowest BCUT2D eigenvalue weighted by molar-refractivity contribution is -0.870. The van der Waals surface area contributed by atoms with Gasteiger partial charge in [0, 0.05) is 13.0 Å². The number of quaternary nitrogens is 1. The van der Waals surface area contributed by atoms with E-state index in [4.69, 9.17) is 18.5 Å². The van der Waals surface area contributed by atoms with E-state index < -0.39 is 13.9 Å². The van der Waals surface area contributed by atoms with E-state index in [2.05, 4.69) is 50.3 Å². The molecule has 0 aliphatic heterocycles. The maximum Gasteiger partial charge on any atom is 0.472 e. The third-order valence-electron chi connectivity index (χ3n) is 8.42. The van der Waals surface area contributed by atoms with Crippen LogP contribution in [0.3, 0.4) is 0 Å². The summed E-state index contributed by atoms with van der Waals surface area (Å²) in [6.45, 7) is 5.53. The molecule has 2 atom stereocenters. The van der Waals surface area contributed by atoms with Crippen molar-refractivity contribution in [3.63, 3.8) is 0 Å². The first-order chi connectivity index (χ1) is 24.1. The van der Waals surface area contributed by atoms with Crippen molar-refractivity contribution >= 4 is 13.8 Å². The average Bonchev–Trinajstić information content (AvgIpc) is 3.06. The highest BCUT2D eigenvalue weighted by atomic mass is 31.2. The first-order valence-corrected chi connectivity index (χ1v) is 21.7. The minimum absolute atomic E-state index is 0.0841. The molecule has 294 valence electrons. The van der Waals surface area contributed by atoms with Crippen LogP contribution >= 0.6 is 7.82 Å². The summed E-state index contributed by atoms with van der Waals surface area (Å²) < 4.78 is 34.9. The molecule has 0 aliphatic rings. The monoisotopic (exact) mass is 729 g/mol. The zero-order valence-corrected chi connectivity index (χ0v) is 34.0. The van der Waals surface area contributed by atoms with Crippen molar-refractivity contribution in [2.45, 2.75) is 168 Å². The van der Waals surface area contributed by atoms with Crippen molar-refractivity contribution in [1.82, 2.24) is 0 Å². The summed E-state index contributed by atoms with van der Waals surface area (Å²) in [6, 6.07) is 0. The van der Waals surface area contributed by atoms with Crippen molar-refractivity contribution in [2.75, 3.05) is 54.1 Å². The molecule has 0 amide bonds. The van der Waals surface area contributed by atoms with Crippen LogP contribution in [0.25, 0.3) is 0 Å².